The molecule has 0 fully saturated rings. The van der Waals surface area contributed by atoms with Crippen molar-refractivity contribution in [3.8, 4) is 16.8 Å². The van der Waals surface area contributed by atoms with Crippen LogP contribution in [-0.4, -0.2) is 4.57 Å². The molecule has 156 valence electrons. The summed E-state index contributed by atoms with van der Waals surface area (Å²) in [5.41, 5.74) is 7.70. The van der Waals surface area contributed by atoms with Gasteiger partial charge in [-0.05, 0) is 53.6 Å². The van der Waals surface area contributed by atoms with Gasteiger partial charge in [0, 0.05) is 37.8 Å². The number of fused-ring (bicyclic) bond motifs is 6. The number of para-hydroxylation sites is 2. The standard InChI is InChI=1S/C30H18BrNO/c31-21-12-9-19(10-13-21)20-11-15-24-23-5-1-3-7-27(23)32(28(24)17-20)22-14-16-26-25-6-2-4-8-29(25)33-30(26)18-22/h1-18H. The van der Waals surface area contributed by atoms with Crippen molar-refractivity contribution in [2.75, 3.05) is 0 Å². The summed E-state index contributed by atoms with van der Waals surface area (Å²) in [5, 5.41) is 4.79. The van der Waals surface area contributed by atoms with Gasteiger partial charge in [0.15, 0.2) is 0 Å². The van der Waals surface area contributed by atoms with Crippen molar-refractivity contribution in [3.63, 3.8) is 0 Å². The van der Waals surface area contributed by atoms with Gasteiger partial charge >= 0.3 is 0 Å². The van der Waals surface area contributed by atoms with Crippen LogP contribution in [0.1, 0.15) is 0 Å². The van der Waals surface area contributed by atoms with E-state index < -0.39 is 0 Å². The number of nitrogens with zero attached hydrogens (tertiary/aromatic N) is 1. The van der Waals surface area contributed by atoms with Gasteiger partial charge in [-0.25, -0.2) is 0 Å². The summed E-state index contributed by atoms with van der Waals surface area (Å²) in [7, 11) is 0. The van der Waals surface area contributed by atoms with E-state index >= 15 is 0 Å². The number of hydrogen-bond donors (Lipinski definition) is 0. The normalized spacial score (nSPS) is 11.8. The fraction of sp³-hybridized carbons (Fsp3) is 0. The van der Waals surface area contributed by atoms with Crippen molar-refractivity contribution in [2.24, 2.45) is 0 Å². The summed E-state index contributed by atoms with van der Waals surface area (Å²) >= 11 is 3.54. The smallest absolute Gasteiger partial charge is 0.137 e. The van der Waals surface area contributed by atoms with Gasteiger partial charge in [0.1, 0.15) is 11.2 Å². The van der Waals surface area contributed by atoms with Crippen LogP contribution in [0.15, 0.2) is 118 Å². The molecule has 0 aliphatic rings. The quantitative estimate of drug-likeness (QED) is 0.237. The number of furan rings is 1. The highest BCUT2D eigenvalue weighted by Crippen LogP contribution is 2.37. The molecule has 7 rings (SSSR count). The molecule has 0 N–H and O–H groups in total. The van der Waals surface area contributed by atoms with E-state index in [-0.39, 0.29) is 0 Å². The monoisotopic (exact) mass is 487 g/mol. The van der Waals surface area contributed by atoms with Crippen LogP contribution >= 0.6 is 15.9 Å². The number of hydrogen-bond acceptors (Lipinski definition) is 1. The van der Waals surface area contributed by atoms with Gasteiger partial charge in [0.05, 0.1) is 11.0 Å². The fourth-order valence-corrected chi connectivity index (χ4v) is 5.19. The molecule has 2 heterocycles. The number of aromatic nitrogens is 1. The average molecular weight is 488 g/mol. The molecule has 0 spiro atoms. The third kappa shape index (κ3) is 2.86. The Morgan fingerprint density at radius 1 is 0.515 bits per heavy atom. The van der Waals surface area contributed by atoms with Gasteiger partial charge in [-0.15, -0.1) is 0 Å². The van der Waals surface area contributed by atoms with E-state index in [1.807, 2.05) is 12.1 Å². The van der Waals surface area contributed by atoms with Crippen LogP contribution in [0.2, 0.25) is 0 Å². The first-order valence-electron chi connectivity index (χ1n) is 11.0. The zero-order valence-electron chi connectivity index (χ0n) is 17.6. The van der Waals surface area contributed by atoms with Crippen LogP contribution in [0, 0.1) is 0 Å². The number of rotatable bonds is 2. The van der Waals surface area contributed by atoms with Crippen LogP contribution in [0.3, 0.4) is 0 Å². The maximum Gasteiger partial charge on any atom is 0.137 e. The predicted molar refractivity (Wildman–Crippen MR) is 141 cm³/mol. The number of halogens is 1. The minimum atomic E-state index is 0.906. The zero-order chi connectivity index (χ0) is 21.9. The molecule has 0 aliphatic carbocycles. The molecule has 3 heteroatoms. The lowest BCUT2D eigenvalue weighted by Gasteiger charge is -2.09. The molecule has 5 aromatic carbocycles. The summed E-state index contributed by atoms with van der Waals surface area (Å²) < 4.78 is 9.63. The molecule has 0 aliphatic heterocycles. The van der Waals surface area contributed by atoms with Crippen LogP contribution in [0.5, 0.6) is 0 Å². The molecule has 0 saturated heterocycles. The predicted octanol–water partition coefficient (Wildman–Crippen LogP) is 9.11. The topological polar surface area (TPSA) is 18.1 Å². The Bertz CT molecular complexity index is 1820. The highest BCUT2D eigenvalue weighted by Gasteiger charge is 2.15. The van der Waals surface area contributed by atoms with Crippen molar-refractivity contribution in [2.45, 2.75) is 0 Å². The highest BCUT2D eigenvalue weighted by atomic mass is 79.9. The lowest BCUT2D eigenvalue weighted by atomic mass is 10.0. The average Bonchev–Trinajstić information content (AvgIpc) is 3.39. The zero-order valence-corrected chi connectivity index (χ0v) is 19.2. The van der Waals surface area contributed by atoms with Crippen molar-refractivity contribution in [1.82, 2.24) is 4.57 Å². The van der Waals surface area contributed by atoms with Gasteiger partial charge in [-0.1, -0.05) is 76.6 Å². The fourth-order valence-electron chi connectivity index (χ4n) is 4.92. The first kappa shape index (κ1) is 18.7. The third-order valence-electron chi connectivity index (χ3n) is 6.47. The van der Waals surface area contributed by atoms with Crippen molar-refractivity contribution >= 4 is 59.7 Å². The molecule has 33 heavy (non-hydrogen) atoms. The maximum atomic E-state index is 6.20. The molecular formula is C30H18BrNO. The molecule has 0 amide bonds. The molecule has 0 unspecified atom stereocenters. The molecule has 2 aromatic heterocycles. The Morgan fingerprint density at radius 2 is 1.18 bits per heavy atom. The molecule has 2 nitrogen and oxygen atoms in total. The van der Waals surface area contributed by atoms with E-state index in [1.54, 1.807) is 0 Å². The van der Waals surface area contributed by atoms with E-state index in [2.05, 4.69) is 118 Å². The maximum absolute atomic E-state index is 6.20. The first-order valence-corrected chi connectivity index (χ1v) is 11.8. The van der Waals surface area contributed by atoms with E-state index in [4.69, 9.17) is 4.42 Å². The Labute approximate surface area is 198 Å². The summed E-state index contributed by atoms with van der Waals surface area (Å²) in [6, 6.07) is 38.6. The Morgan fingerprint density at radius 3 is 2.06 bits per heavy atom. The second-order valence-electron chi connectivity index (χ2n) is 8.37. The third-order valence-corrected chi connectivity index (χ3v) is 7.00. The Balaban J connectivity index is 1.52. The van der Waals surface area contributed by atoms with Crippen LogP contribution < -0.4 is 0 Å². The van der Waals surface area contributed by atoms with E-state index in [9.17, 15) is 0 Å². The van der Waals surface area contributed by atoms with Crippen molar-refractivity contribution in [3.05, 3.63) is 114 Å². The Kier molecular flexibility index (Phi) is 4.02. The summed E-state index contributed by atoms with van der Waals surface area (Å²) in [6.45, 7) is 0. The molecule has 7 aromatic rings. The molecule has 0 saturated carbocycles. The van der Waals surface area contributed by atoms with Gasteiger partial charge < -0.3 is 8.98 Å². The van der Waals surface area contributed by atoms with Gasteiger partial charge in [0.2, 0.25) is 0 Å². The minimum Gasteiger partial charge on any atom is -0.456 e. The minimum absolute atomic E-state index is 0.906. The summed E-state index contributed by atoms with van der Waals surface area (Å²) in [4.78, 5) is 0. The van der Waals surface area contributed by atoms with Crippen molar-refractivity contribution < 1.29 is 4.42 Å². The van der Waals surface area contributed by atoms with Crippen LogP contribution in [0.25, 0.3) is 60.6 Å². The van der Waals surface area contributed by atoms with Gasteiger partial charge in [0.25, 0.3) is 0 Å². The summed E-state index contributed by atoms with van der Waals surface area (Å²) in [6.07, 6.45) is 0. The lowest BCUT2D eigenvalue weighted by Crippen LogP contribution is -1.93. The summed E-state index contributed by atoms with van der Waals surface area (Å²) in [5.74, 6) is 0. The van der Waals surface area contributed by atoms with Gasteiger partial charge in [-0.2, -0.15) is 0 Å². The SMILES string of the molecule is Brc1ccc(-c2ccc3c4ccccc4n(-c4ccc5c(c4)oc4ccccc45)c3c2)cc1. The van der Waals surface area contributed by atoms with Gasteiger partial charge in [-0.3, -0.25) is 0 Å². The van der Waals surface area contributed by atoms with E-state index in [1.165, 1.54) is 32.9 Å². The van der Waals surface area contributed by atoms with E-state index in [0.717, 1.165) is 32.1 Å². The second kappa shape index (κ2) is 7.09. The number of benzene rings is 5. The molecule has 0 bridgehead atoms. The lowest BCUT2D eigenvalue weighted by molar-refractivity contribution is 0.668. The Hall–Kier alpha value is -3.82. The second-order valence-corrected chi connectivity index (χ2v) is 9.29. The molecular weight excluding hydrogens is 470 g/mol. The molecule has 0 atom stereocenters. The first-order chi connectivity index (χ1) is 16.3. The highest BCUT2D eigenvalue weighted by molar-refractivity contribution is 9.10. The molecule has 0 radical (unpaired) electrons. The van der Waals surface area contributed by atoms with E-state index in [0.29, 0.717) is 0 Å². The van der Waals surface area contributed by atoms with Crippen molar-refractivity contribution in [1.29, 1.82) is 0 Å². The van der Waals surface area contributed by atoms with Crippen LogP contribution in [0.4, 0.5) is 0 Å². The van der Waals surface area contributed by atoms with Crippen LogP contribution in [-0.2, 0) is 0 Å². The largest absolute Gasteiger partial charge is 0.456 e.